The summed E-state index contributed by atoms with van der Waals surface area (Å²) in [6.07, 6.45) is 8.55. The van der Waals surface area contributed by atoms with Crippen molar-refractivity contribution in [2.45, 2.75) is 44.6 Å². The molecule has 2 atom stereocenters. The summed E-state index contributed by atoms with van der Waals surface area (Å²) >= 11 is 0. The zero-order valence-corrected chi connectivity index (χ0v) is 13.1. The van der Waals surface area contributed by atoms with E-state index in [1.54, 1.807) is 10.4 Å². The van der Waals surface area contributed by atoms with Crippen LogP contribution in [0, 0.1) is 5.92 Å². The number of benzene rings is 1. The second kappa shape index (κ2) is 6.32. The number of rotatable bonds is 3. The maximum absolute atomic E-state index is 12.7. The maximum Gasteiger partial charge on any atom is 0.236 e. The van der Waals surface area contributed by atoms with Gasteiger partial charge in [0, 0.05) is 18.0 Å². The third-order valence-corrected chi connectivity index (χ3v) is 6.34. The fourth-order valence-electron chi connectivity index (χ4n) is 3.70. The molecule has 4 heteroatoms. The molecule has 1 aromatic carbocycles. The highest BCUT2D eigenvalue weighted by Gasteiger charge is 2.38. The van der Waals surface area contributed by atoms with Crippen molar-refractivity contribution in [3.05, 3.63) is 41.3 Å². The first kappa shape index (κ1) is 14.8. The van der Waals surface area contributed by atoms with Crippen LogP contribution in [-0.4, -0.2) is 25.3 Å². The van der Waals surface area contributed by atoms with E-state index in [2.05, 4.69) is 0 Å². The molecule has 2 fully saturated rings. The van der Waals surface area contributed by atoms with Crippen LogP contribution in [0.4, 0.5) is 0 Å². The van der Waals surface area contributed by atoms with E-state index in [0.717, 1.165) is 24.8 Å². The third-order valence-electron chi connectivity index (χ3n) is 4.75. The average Bonchev–Trinajstić information content (AvgIpc) is 2.53. The Morgan fingerprint density at radius 1 is 1.00 bits per heavy atom. The number of nitrogens with zero attached hydrogens (tertiary/aromatic N) is 1. The van der Waals surface area contributed by atoms with Gasteiger partial charge in [0.15, 0.2) is 0 Å². The maximum atomic E-state index is 12.7. The Hall–Kier alpha value is -1.13. The van der Waals surface area contributed by atoms with Crippen molar-refractivity contribution in [2.75, 3.05) is 6.54 Å². The molecule has 1 saturated heterocycles. The lowest BCUT2D eigenvalue weighted by molar-refractivity contribution is 0.130. The van der Waals surface area contributed by atoms with Crippen molar-refractivity contribution in [1.29, 1.82) is 0 Å². The normalized spacial score (nSPS) is 27.6. The summed E-state index contributed by atoms with van der Waals surface area (Å²) < 4.78 is 27.1. The smallest absolute Gasteiger partial charge is 0.207 e. The average molecular weight is 305 g/mol. The number of hydrogen-bond donors (Lipinski definition) is 0. The zero-order chi connectivity index (χ0) is 14.7. The highest BCUT2D eigenvalue weighted by atomic mass is 32.2. The largest absolute Gasteiger partial charge is 0.236 e. The first-order chi connectivity index (χ1) is 10.2. The molecule has 1 aromatic rings. The molecule has 0 bridgehead atoms. The summed E-state index contributed by atoms with van der Waals surface area (Å²) in [6, 6.07) is 9.85. The van der Waals surface area contributed by atoms with Crippen LogP contribution in [0.15, 0.2) is 35.7 Å². The van der Waals surface area contributed by atoms with Gasteiger partial charge in [-0.15, -0.1) is 0 Å². The molecule has 1 aliphatic carbocycles. The van der Waals surface area contributed by atoms with Crippen LogP contribution in [0.2, 0.25) is 0 Å². The van der Waals surface area contributed by atoms with E-state index in [4.69, 9.17) is 0 Å². The van der Waals surface area contributed by atoms with E-state index in [1.165, 1.54) is 24.7 Å². The minimum atomic E-state index is -3.30. The molecule has 0 radical (unpaired) electrons. The molecule has 0 aromatic heterocycles. The van der Waals surface area contributed by atoms with Gasteiger partial charge in [0.1, 0.15) is 0 Å². The van der Waals surface area contributed by atoms with Gasteiger partial charge in [-0.25, -0.2) is 8.42 Å². The molecular formula is C17H23NO2S. The fraction of sp³-hybridized carbons (Fsp3) is 0.529. The number of sulfonamides is 1. The first-order valence-electron chi connectivity index (χ1n) is 7.92. The number of fused-ring (bicyclic) bond motifs is 1. The molecule has 3 nitrogen and oxygen atoms in total. The molecule has 2 aliphatic rings. The van der Waals surface area contributed by atoms with Gasteiger partial charge in [0.05, 0.1) is 0 Å². The van der Waals surface area contributed by atoms with Gasteiger partial charge in [-0.3, -0.25) is 0 Å². The molecule has 1 aliphatic heterocycles. The van der Waals surface area contributed by atoms with Gasteiger partial charge >= 0.3 is 0 Å². The predicted octanol–water partition coefficient (Wildman–Crippen LogP) is 3.64. The molecule has 0 unspecified atom stereocenters. The van der Waals surface area contributed by atoms with Crippen molar-refractivity contribution >= 4 is 16.1 Å². The van der Waals surface area contributed by atoms with E-state index in [1.807, 2.05) is 30.3 Å². The van der Waals surface area contributed by atoms with E-state index < -0.39 is 10.0 Å². The van der Waals surface area contributed by atoms with E-state index in [0.29, 0.717) is 12.5 Å². The molecule has 0 N–H and O–H groups in total. The standard InChI is InChI=1S/C17H23NO2S/c19-21(20,14-12-15-7-2-1-3-8-15)18-13-6-10-16-9-4-5-11-17(16)18/h1-3,7-8,12,14,16-17H,4-6,9-11,13H2/b14-12+/t16-,17+/m1/s1. The summed E-state index contributed by atoms with van der Waals surface area (Å²) in [5, 5.41) is 1.39. The van der Waals surface area contributed by atoms with Crippen LogP contribution in [0.25, 0.3) is 6.08 Å². The fourth-order valence-corrected chi connectivity index (χ4v) is 5.23. The molecular weight excluding hydrogens is 282 g/mol. The highest BCUT2D eigenvalue weighted by molar-refractivity contribution is 7.92. The monoisotopic (exact) mass is 305 g/mol. The summed E-state index contributed by atoms with van der Waals surface area (Å²) in [7, 11) is -3.30. The lowest BCUT2D eigenvalue weighted by Crippen LogP contribution is -2.48. The summed E-state index contributed by atoms with van der Waals surface area (Å²) in [5.74, 6) is 0.576. The topological polar surface area (TPSA) is 37.4 Å². The lowest BCUT2D eigenvalue weighted by Gasteiger charge is -2.42. The second-order valence-corrected chi connectivity index (χ2v) is 7.89. The molecule has 0 amide bonds. The summed E-state index contributed by atoms with van der Waals surface area (Å²) in [4.78, 5) is 0. The SMILES string of the molecule is O=S(=O)(/C=C/c1ccccc1)N1CCC[C@H]2CCCC[C@@H]21. The number of hydrogen-bond acceptors (Lipinski definition) is 2. The van der Waals surface area contributed by atoms with Crippen LogP contribution in [0.1, 0.15) is 44.1 Å². The highest BCUT2D eigenvalue weighted by Crippen LogP contribution is 2.36. The number of piperidine rings is 1. The van der Waals surface area contributed by atoms with Crippen LogP contribution in [0.5, 0.6) is 0 Å². The van der Waals surface area contributed by atoms with Gasteiger partial charge in [0.2, 0.25) is 10.0 Å². The molecule has 0 spiro atoms. The molecule has 114 valence electrons. The first-order valence-corrected chi connectivity index (χ1v) is 9.42. The lowest BCUT2D eigenvalue weighted by atomic mass is 9.79. The molecule has 1 saturated carbocycles. The van der Waals surface area contributed by atoms with E-state index in [9.17, 15) is 8.42 Å². The van der Waals surface area contributed by atoms with E-state index in [-0.39, 0.29) is 6.04 Å². The molecule has 21 heavy (non-hydrogen) atoms. The van der Waals surface area contributed by atoms with E-state index >= 15 is 0 Å². The predicted molar refractivity (Wildman–Crippen MR) is 86.1 cm³/mol. The van der Waals surface area contributed by atoms with Gasteiger partial charge < -0.3 is 0 Å². The molecule has 3 rings (SSSR count). The Balaban J connectivity index is 1.78. The van der Waals surface area contributed by atoms with Crippen LogP contribution >= 0.6 is 0 Å². The second-order valence-electron chi connectivity index (χ2n) is 6.12. The van der Waals surface area contributed by atoms with Crippen molar-refractivity contribution < 1.29 is 8.42 Å². The minimum absolute atomic E-state index is 0.234. The Labute approximate surface area is 127 Å². The van der Waals surface area contributed by atoms with Gasteiger partial charge in [-0.05, 0) is 43.2 Å². The summed E-state index contributed by atoms with van der Waals surface area (Å²) in [6.45, 7) is 0.683. The minimum Gasteiger partial charge on any atom is -0.207 e. The van der Waals surface area contributed by atoms with Crippen molar-refractivity contribution in [1.82, 2.24) is 4.31 Å². The van der Waals surface area contributed by atoms with Crippen molar-refractivity contribution in [3.63, 3.8) is 0 Å². The van der Waals surface area contributed by atoms with Gasteiger partial charge in [0.25, 0.3) is 0 Å². The van der Waals surface area contributed by atoms with Gasteiger partial charge in [-0.1, -0.05) is 43.2 Å². The zero-order valence-electron chi connectivity index (χ0n) is 12.3. The Morgan fingerprint density at radius 3 is 2.52 bits per heavy atom. The van der Waals surface area contributed by atoms with Crippen LogP contribution in [0.3, 0.4) is 0 Å². The Kier molecular flexibility index (Phi) is 4.45. The van der Waals surface area contributed by atoms with Crippen molar-refractivity contribution in [2.24, 2.45) is 5.92 Å². The quantitative estimate of drug-likeness (QED) is 0.855. The Bertz CT molecular complexity index is 592. The van der Waals surface area contributed by atoms with Crippen molar-refractivity contribution in [3.8, 4) is 0 Å². The van der Waals surface area contributed by atoms with Crippen LogP contribution in [-0.2, 0) is 10.0 Å². The molecule has 1 heterocycles. The third kappa shape index (κ3) is 3.38. The Morgan fingerprint density at radius 2 is 1.71 bits per heavy atom. The summed E-state index contributed by atoms with van der Waals surface area (Å²) in [5.41, 5.74) is 0.929. The van der Waals surface area contributed by atoms with Gasteiger partial charge in [-0.2, -0.15) is 4.31 Å². The van der Waals surface area contributed by atoms with Crippen LogP contribution < -0.4 is 0 Å².